The Morgan fingerprint density at radius 1 is 1.07 bits per heavy atom. The average molecular weight is 540 g/mol. The zero-order valence-corrected chi connectivity index (χ0v) is 23.0. The number of hydrogen-bond acceptors (Lipinski definition) is 7. The maximum Gasteiger partial charge on any atom is 0.235 e. The second-order valence-electron chi connectivity index (χ2n) is 10.0. The number of carbonyl (C=O) groups is 2. The molecule has 2 aliphatic rings. The van der Waals surface area contributed by atoms with Crippen LogP contribution in [0.3, 0.4) is 0 Å². The van der Waals surface area contributed by atoms with Crippen LogP contribution in [0.4, 0.5) is 5.82 Å². The normalized spacial score (nSPS) is 18.5. The van der Waals surface area contributed by atoms with Crippen molar-refractivity contribution in [1.82, 2.24) is 10.3 Å². The molecule has 0 saturated heterocycles. The minimum absolute atomic E-state index is 0.0440. The van der Waals surface area contributed by atoms with E-state index in [1.807, 2.05) is 55.5 Å². The summed E-state index contributed by atoms with van der Waals surface area (Å²) in [7, 11) is 3.21. The third kappa shape index (κ3) is 5.57. The Kier molecular flexibility index (Phi) is 7.86. The molecule has 0 bridgehead atoms. The number of hydrogen-bond donors (Lipinski definition) is 2. The van der Waals surface area contributed by atoms with Crippen LogP contribution >= 0.6 is 0 Å². The maximum atomic E-state index is 13.8. The number of aromatic nitrogens is 1. The molecule has 5 rings (SSSR count). The minimum Gasteiger partial charge on any atom is -0.497 e. The van der Waals surface area contributed by atoms with E-state index in [1.54, 1.807) is 26.5 Å². The first-order chi connectivity index (χ1) is 19.4. The quantitative estimate of drug-likeness (QED) is 0.393. The molecular formula is C32H33N3O5. The predicted molar refractivity (Wildman–Crippen MR) is 152 cm³/mol. The number of allylic oxidation sites excluding steroid dienone is 2. The highest BCUT2D eigenvalue weighted by molar-refractivity contribution is 6.02. The van der Waals surface area contributed by atoms with Crippen LogP contribution in [0.15, 0.2) is 84.3 Å². The fourth-order valence-electron chi connectivity index (χ4n) is 5.37. The molecule has 2 N–H and O–H groups in total. The lowest BCUT2D eigenvalue weighted by molar-refractivity contribution is -0.120. The van der Waals surface area contributed by atoms with Gasteiger partial charge in [0.2, 0.25) is 5.91 Å². The van der Waals surface area contributed by atoms with Gasteiger partial charge in [0.25, 0.3) is 0 Å². The monoisotopic (exact) mass is 539 g/mol. The van der Waals surface area contributed by atoms with E-state index in [2.05, 4.69) is 22.2 Å². The number of ketones is 1. The van der Waals surface area contributed by atoms with E-state index < -0.39 is 11.8 Å². The van der Waals surface area contributed by atoms with Gasteiger partial charge in [-0.15, -0.1) is 0 Å². The average Bonchev–Trinajstić information content (AvgIpc) is 2.96. The van der Waals surface area contributed by atoms with Crippen LogP contribution < -0.4 is 24.8 Å². The maximum absolute atomic E-state index is 13.8. The highest BCUT2D eigenvalue weighted by atomic mass is 16.5. The van der Waals surface area contributed by atoms with Gasteiger partial charge in [0, 0.05) is 47.1 Å². The van der Waals surface area contributed by atoms with E-state index in [1.165, 1.54) is 0 Å². The lowest BCUT2D eigenvalue weighted by atomic mass is 9.71. The number of Topliss-reactive ketones (excluding diaryl/α,β-unsaturated/α-hetero) is 1. The summed E-state index contributed by atoms with van der Waals surface area (Å²) in [5.74, 6) is 0.938. The van der Waals surface area contributed by atoms with E-state index in [0.29, 0.717) is 40.8 Å². The number of nitrogens with one attached hydrogen (secondary N) is 2. The molecule has 0 saturated carbocycles. The molecule has 2 heterocycles. The topological polar surface area (TPSA) is 98.8 Å². The molecule has 2 atom stereocenters. The third-order valence-corrected chi connectivity index (χ3v) is 7.33. The van der Waals surface area contributed by atoms with E-state index in [9.17, 15) is 9.59 Å². The molecule has 206 valence electrons. The van der Waals surface area contributed by atoms with Gasteiger partial charge >= 0.3 is 0 Å². The number of methoxy groups -OCH3 is 2. The number of rotatable bonds is 8. The summed E-state index contributed by atoms with van der Waals surface area (Å²) >= 11 is 0. The molecule has 1 amide bonds. The molecule has 0 spiro atoms. The number of ether oxygens (including phenoxy) is 3. The number of pyridine rings is 1. The van der Waals surface area contributed by atoms with Gasteiger partial charge in [-0.1, -0.05) is 24.8 Å². The van der Waals surface area contributed by atoms with Crippen molar-refractivity contribution >= 4 is 17.5 Å². The first kappa shape index (κ1) is 27.0. The van der Waals surface area contributed by atoms with Crippen LogP contribution in [0.2, 0.25) is 0 Å². The SMILES string of the molecule is C=C1NC2=C(C(=O)CCC2)C(c2ccc(OC)c(COc3cccc(OC)c3)c2)C1C(=O)Nc1ccc(C)cn1. The van der Waals surface area contributed by atoms with Crippen molar-refractivity contribution in [1.29, 1.82) is 0 Å². The number of aryl methyl sites for hydroxylation is 1. The van der Waals surface area contributed by atoms with Crippen LogP contribution in [0.5, 0.6) is 17.2 Å². The summed E-state index contributed by atoms with van der Waals surface area (Å²) in [5.41, 5.74) is 4.62. The van der Waals surface area contributed by atoms with E-state index in [4.69, 9.17) is 14.2 Å². The molecule has 1 aliphatic heterocycles. The summed E-state index contributed by atoms with van der Waals surface area (Å²) < 4.78 is 17.0. The minimum atomic E-state index is -0.732. The standard InChI is InChI=1S/C32H33N3O5/c1-19-11-14-28(33-17-19)35-32(37)29-20(2)34-25-9-6-10-26(36)31(25)30(29)21-12-13-27(39-4)22(15-21)18-40-24-8-5-7-23(16-24)38-3/h5,7-8,11-17,29-30,34H,2,6,9-10,18H2,1,3-4H3,(H,33,35,37). The molecular weight excluding hydrogens is 506 g/mol. The highest BCUT2D eigenvalue weighted by Gasteiger charge is 2.43. The Morgan fingerprint density at radius 2 is 1.90 bits per heavy atom. The molecule has 2 unspecified atom stereocenters. The van der Waals surface area contributed by atoms with Gasteiger partial charge in [0.05, 0.1) is 20.1 Å². The zero-order valence-electron chi connectivity index (χ0n) is 23.0. The summed E-state index contributed by atoms with van der Waals surface area (Å²) in [5, 5.41) is 6.22. The predicted octanol–water partition coefficient (Wildman–Crippen LogP) is 5.45. The van der Waals surface area contributed by atoms with Crippen LogP contribution in [-0.2, 0) is 16.2 Å². The lowest BCUT2D eigenvalue weighted by Crippen LogP contribution is -2.42. The second-order valence-corrected chi connectivity index (χ2v) is 10.0. The van der Waals surface area contributed by atoms with Gasteiger partial charge < -0.3 is 24.8 Å². The van der Waals surface area contributed by atoms with Crippen LogP contribution in [0.1, 0.15) is 41.9 Å². The molecule has 1 aromatic heterocycles. The number of benzene rings is 2. The van der Waals surface area contributed by atoms with Crippen molar-refractivity contribution < 1.29 is 23.8 Å². The van der Waals surface area contributed by atoms with Crippen molar-refractivity contribution in [2.45, 2.75) is 38.7 Å². The first-order valence-corrected chi connectivity index (χ1v) is 13.3. The van der Waals surface area contributed by atoms with E-state index in [0.717, 1.165) is 35.2 Å². The van der Waals surface area contributed by atoms with Gasteiger partial charge in [-0.05, 0) is 61.2 Å². The number of nitrogens with zero attached hydrogens (tertiary/aromatic N) is 1. The number of carbonyl (C=O) groups excluding carboxylic acids is 2. The van der Waals surface area contributed by atoms with Gasteiger partial charge in [0.1, 0.15) is 29.7 Å². The number of anilines is 1. The Balaban J connectivity index is 1.52. The molecule has 8 nitrogen and oxygen atoms in total. The lowest BCUT2D eigenvalue weighted by Gasteiger charge is -2.38. The van der Waals surface area contributed by atoms with Gasteiger partial charge in [-0.2, -0.15) is 0 Å². The van der Waals surface area contributed by atoms with E-state index >= 15 is 0 Å². The summed E-state index contributed by atoms with van der Waals surface area (Å²) in [6.07, 6.45) is 3.63. The molecule has 2 aromatic carbocycles. The Hall–Kier alpha value is -4.59. The van der Waals surface area contributed by atoms with Crippen molar-refractivity contribution in [3.63, 3.8) is 0 Å². The number of amides is 1. The van der Waals surface area contributed by atoms with Gasteiger partial charge in [-0.3, -0.25) is 9.59 Å². The first-order valence-electron chi connectivity index (χ1n) is 13.3. The Labute approximate surface area is 234 Å². The largest absolute Gasteiger partial charge is 0.497 e. The van der Waals surface area contributed by atoms with Gasteiger partial charge in [0.15, 0.2) is 5.78 Å². The van der Waals surface area contributed by atoms with Crippen LogP contribution in [0.25, 0.3) is 0 Å². The summed E-state index contributed by atoms with van der Waals surface area (Å²) in [6, 6.07) is 16.7. The summed E-state index contributed by atoms with van der Waals surface area (Å²) in [4.78, 5) is 31.4. The van der Waals surface area contributed by atoms with E-state index in [-0.39, 0.29) is 18.3 Å². The Bertz CT molecular complexity index is 1480. The molecule has 0 fully saturated rings. The van der Waals surface area contributed by atoms with Crippen molar-refractivity contribution in [3.8, 4) is 17.2 Å². The fraction of sp³-hybridized carbons (Fsp3) is 0.281. The van der Waals surface area contributed by atoms with Crippen LogP contribution in [-0.4, -0.2) is 30.9 Å². The zero-order chi connectivity index (χ0) is 28.2. The molecule has 3 aromatic rings. The third-order valence-electron chi connectivity index (χ3n) is 7.33. The summed E-state index contributed by atoms with van der Waals surface area (Å²) in [6.45, 7) is 6.37. The molecule has 1 aliphatic carbocycles. The second kappa shape index (κ2) is 11.7. The Morgan fingerprint density at radius 3 is 2.65 bits per heavy atom. The molecule has 40 heavy (non-hydrogen) atoms. The highest BCUT2D eigenvalue weighted by Crippen LogP contribution is 2.45. The molecule has 8 heteroatoms. The van der Waals surface area contributed by atoms with Gasteiger partial charge in [-0.25, -0.2) is 4.98 Å². The van der Waals surface area contributed by atoms with Crippen LogP contribution in [0, 0.1) is 12.8 Å². The molecule has 0 radical (unpaired) electrons. The van der Waals surface area contributed by atoms with Crippen molar-refractivity contribution in [3.05, 3.63) is 101 Å². The fourth-order valence-corrected chi connectivity index (χ4v) is 5.37. The van der Waals surface area contributed by atoms with Crippen molar-refractivity contribution in [2.24, 2.45) is 5.92 Å². The van der Waals surface area contributed by atoms with Crippen molar-refractivity contribution in [2.75, 3.05) is 19.5 Å². The smallest absolute Gasteiger partial charge is 0.235 e.